The lowest BCUT2D eigenvalue weighted by Gasteiger charge is -2.34. The smallest absolute Gasteiger partial charge is 0.326 e. The zero-order chi connectivity index (χ0) is 13.9. The van der Waals surface area contributed by atoms with Crippen molar-refractivity contribution in [3.8, 4) is 0 Å². The molecule has 1 aliphatic carbocycles. The van der Waals surface area contributed by atoms with Gasteiger partial charge in [0.1, 0.15) is 5.54 Å². The van der Waals surface area contributed by atoms with Crippen molar-refractivity contribution >= 4 is 5.97 Å². The average Bonchev–Trinajstić information content (AvgIpc) is 2.83. The molecule has 2 unspecified atom stereocenters. The van der Waals surface area contributed by atoms with E-state index in [0.717, 1.165) is 19.3 Å². The molecule has 1 saturated heterocycles. The largest absolute Gasteiger partial charge is 0.468 e. The van der Waals surface area contributed by atoms with E-state index in [9.17, 15) is 4.79 Å². The summed E-state index contributed by atoms with van der Waals surface area (Å²) in [7, 11) is 1.50. The van der Waals surface area contributed by atoms with Crippen molar-refractivity contribution in [2.24, 2.45) is 0 Å². The molecule has 4 heteroatoms. The Labute approximate surface area is 116 Å². The summed E-state index contributed by atoms with van der Waals surface area (Å²) in [5.74, 6) is -0.0827. The van der Waals surface area contributed by atoms with Gasteiger partial charge in [-0.25, -0.2) is 0 Å². The van der Waals surface area contributed by atoms with Gasteiger partial charge in [0.05, 0.1) is 7.11 Å². The number of piperidine rings is 1. The van der Waals surface area contributed by atoms with Crippen LogP contribution >= 0.6 is 0 Å². The van der Waals surface area contributed by atoms with Crippen LogP contribution in [0.3, 0.4) is 0 Å². The zero-order valence-corrected chi connectivity index (χ0v) is 12.6. The van der Waals surface area contributed by atoms with Crippen molar-refractivity contribution < 1.29 is 9.53 Å². The summed E-state index contributed by atoms with van der Waals surface area (Å²) in [5.41, 5.74) is -0.453. The molecule has 0 spiro atoms. The minimum atomic E-state index is -0.453. The van der Waals surface area contributed by atoms with Crippen LogP contribution in [0.15, 0.2) is 0 Å². The number of esters is 1. The van der Waals surface area contributed by atoms with Crippen LogP contribution in [0.5, 0.6) is 0 Å². The van der Waals surface area contributed by atoms with Crippen LogP contribution in [0.2, 0.25) is 0 Å². The van der Waals surface area contributed by atoms with Gasteiger partial charge in [-0.3, -0.25) is 10.1 Å². The fraction of sp³-hybridized carbons (Fsp3) is 0.933. The highest BCUT2D eigenvalue weighted by molar-refractivity contribution is 5.81. The minimum Gasteiger partial charge on any atom is -0.468 e. The number of rotatable bonds is 4. The molecule has 2 atom stereocenters. The number of hydrogen-bond acceptors (Lipinski definition) is 4. The highest BCUT2D eigenvalue weighted by atomic mass is 16.5. The first-order chi connectivity index (χ1) is 9.07. The molecule has 19 heavy (non-hydrogen) atoms. The Hall–Kier alpha value is -0.610. The Morgan fingerprint density at radius 3 is 2.58 bits per heavy atom. The van der Waals surface area contributed by atoms with E-state index in [-0.39, 0.29) is 5.97 Å². The zero-order valence-electron chi connectivity index (χ0n) is 12.6. The van der Waals surface area contributed by atoms with Crippen LogP contribution in [0.1, 0.15) is 52.4 Å². The van der Waals surface area contributed by atoms with Crippen LogP contribution in [0.25, 0.3) is 0 Å². The molecule has 2 rings (SSSR count). The predicted octanol–water partition coefficient (Wildman–Crippen LogP) is 1.93. The van der Waals surface area contributed by atoms with Gasteiger partial charge < -0.3 is 9.64 Å². The van der Waals surface area contributed by atoms with E-state index in [1.165, 1.54) is 39.5 Å². The third-order valence-corrected chi connectivity index (χ3v) is 4.54. The van der Waals surface area contributed by atoms with Gasteiger partial charge in [-0.2, -0.15) is 0 Å². The Morgan fingerprint density at radius 2 is 2.00 bits per heavy atom. The number of methoxy groups -OCH3 is 1. The molecule has 110 valence electrons. The van der Waals surface area contributed by atoms with Crippen molar-refractivity contribution in [2.45, 2.75) is 70.0 Å². The maximum absolute atomic E-state index is 12.2. The predicted molar refractivity (Wildman–Crippen MR) is 76.1 cm³/mol. The molecule has 0 aromatic rings. The first-order valence-corrected chi connectivity index (χ1v) is 7.67. The summed E-state index contributed by atoms with van der Waals surface area (Å²) in [6, 6.07) is 0.852. The normalized spacial score (nSPS) is 32.7. The molecule has 1 heterocycles. The van der Waals surface area contributed by atoms with E-state index in [1.807, 2.05) is 0 Å². The third kappa shape index (κ3) is 3.29. The Balaban J connectivity index is 2.03. The van der Waals surface area contributed by atoms with Gasteiger partial charge in [-0.05, 0) is 59.0 Å². The monoisotopic (exact) mass is 268 g/mol. The van der Waals surface area contributed by atoms with Crippen LogP contribution in [-0.4, -0.2) is 48.7 Å². The maximum Gasteiger partial charge on any atom is 0.326 e. The summed E-state index contributed by atoms with van der Waals surface area (Å²) in [6.07, 6.45) is 6.87. The van der Waals surface area contributed by atoms with Gasteiger partial charge in [0.15, 0.2) is 0 Å². The molecule has 1 aliphatic heterocycles. The van der Waals surface area contributed by atoms with Crippen molar-refractivity contribution in [1.82, 2.24) is 10.2 Å². The van der Waals surface area contributed by atoms with Gasteiger partial charge in [0.25, 0.3) is 0 Å². The van der Waals surface area contributed by atoms with Crippen molar-refractivity contribution in [2.75, 3.05) is 20.2 Å². The first kappa shape index (κ1) is 14.8. The van der Waals surface area contributed by atoms with Gasteiger partial charge in [0, 0.05) is 12.1 Å². The molecule has 1 saturated carbocycles. The molecule has 2 fully saturated rings. The second-order valence-electron chi connectivity index (χ2n) is 6.37. The molecule has 0 radical (unpaired) electrons. The number of carbonyl (C=O) groups is 1. The fourth-order valence-electron chi connectivity index (χ4n) is 3.74. The molecule has 2 aliphatic rings. The second-order valence-corrected chi connectivity index (χ2v) is 6.37. The first-order valence-electron chi connectivity index (χ1n) is 7.67. The Morgan fingerprint density at radius 1 is 1.32 bits per heavy atom. The van der Waals surface area contributed by atoms with Crippen LogP contribution in [-0.2, 0) is 9.53 Å². The molecule has 1 N–H and O–H groups in total. The van der Waals surface area contributed by atoms with E-state index in [0.29, 0.717) is 12.1 Å². The Kier molecular flexibility index (Phi) is 4.85. The number of nitrogens with zero attached hydrogens (tertiary/aromatic N) is 1. The number of likely N-dealkylation sites (tertiary alicyclic amines) is 1. The van der Waals surface area contributed by atoms with E-state index >= 15 is 0 Å². The van der Waals surface area contributed by atoms with Gasteiger partial charge in [-0.1, -0.05) is 6.42 Å². The van der Waals surface area contributed by atoms with E-state index in [1.54, 1.807) is 0 Å². The number of ether oxygens (including phenoxy) is 1. The fourth-order valence-corrected chi connectivity index (χ4v) is 3.74. The lowest BCUT2D eigenvalue weighted by molar-refractivity contribution is -0.149. The lowest BCUT2D eigenvalue weighted by Crippen LogP contribution is -2.54. The topological polar surface area (TPSA) is 41.6 Å². The standard InChI is InChI=1S/C15H28N2O2/c1-12(2)16-15(14(18)19-3)8-7-13(11-15)17-9-5-4-6-10-17/h12-13,16H,4-11H2,1-3H3. The van der Waals surface area contributed by atoms with Crippen LogP contribution in [0, 0.1) is 0 Å². The third-order valence-electron chi connectivity index (χ3n) is 4.54. The van der Waals surface area contributed by atoms with Crippen LogP contribution < -0.4 is 5.32 Å². The van der Waals surface area contributed by atoms with Crippen molar-refractivity contribution in [1.29, 1.82) is 0 Å². The van der Waals surface area contributed by atoms with Crippen molar-refractivity contribution in [3.63, 3.8) is 0 Å². The summed E-state index contributed by atoms with van der Waals surface area (Å²) < 4.78 is 5.05. The number of carbonyl (C=O) groups excluding carboxylic acids is 1. The molecule has 0 aromatic carbocycles. The van der Waals surface area contributed by atoms with Gasteiger partial charge in [-0.15, -0.1) is 0 Å². The van der Waals surface area contributed by atoms with E-state index in [2.05, 4.69) is 24.1 Å². The summed E-state index contributed by atoms with van der Waals surface area (Å²) in [6.45, 7) is 6.59. The molecule has 0 amide bonds. The van der Waals surface area contributed by atoms with Crippen LogP contribution in [0.4, 0.5) is 0 Å². The van der Waals surface area contributed by atoms with Gasteiger partial charge >= 0.3 is 5.97 Å². The average molecular weight is 268 g/mol. The highest BCUT2D eigenvalue weighted by Crippen LogP contribution is 2.35. The van der Waals surface area contributed by atoms with E-state index in [4.69, 9.17) is 4.74 Å². The number of nitrogens with one attached hydrogen (secondary N) is 1. The molecule has 0 aromatic heterocycles. The summed E-state index contributed by atoms with van der Waals surface area (Å²) in [4.78, 5) is 14.8. The van der Waals surface area contributed by atoms with Crippen molar-refractivity contribution in [3.05, 3.63) is 0 Å². The Bertz CT molecular complexity index is 313. The SMILES string of the molecule is COC(=O)C1(NC(C)C)CCC(N2CCCCC2)C1. The molecular formula is C15H28N2O2. The van der Waals surface area contributed by atoms with E-state index < -0.39 is 5.54 Å². The summed E-state index contributed by atoms with van der Waals surface area (Å²) >= 11 is 0. The number of hydrogen-bond donors (Lipinski definition) is 1. The van der Waals surface area contributed by atoms with Gasteiger partial charge in [0.2, 0.25) is 0 Å². The molecule has 0 bridgehead atoms. The second kappa shape index (κ2) is 6.23. The highest BCUT2D eigenvalue weighted by Gasteiger charge is 2.47. The minimum absolute atomic E-state index is 0.0827. The molecular weight excluding hydrogens is 240 g/mol. The quantitative estimate of drug-likeness (QED) is 0.791. The lowest BCUT2D eigenvalue weighted by atomic mass is 9.95. The molecule has 4 nitrogen and oxygen atoms in total. The maximum atomic E-state index is 12.2. The summed E-state index contributed by atoms with van der Waals surface area (Å²) in [5, 5.41) is 3.47.